The molecule has 4 rings (SSSR count). The van der Waals surface area contributed by atoms with Crippen LogP contribution in [0.15, 0.2) is 0 Å². The van der Waals surface area contributed by atoms with E-state index < -0.39 is 0 Å². The maximum absolute atomic E-state index is 11.4. The maximum Gasteiger partial charge on any atom is 0.217 e. The van der Waals surface area contributed by atoms with Gasteiger partial charge in [-0.25, -0.2) is 4.68 Å². The zero-order valence-electron chi connectivity index (χ0n) is 14.5. The molecule has 2 saturated heterocycles. The van der Waals surface area contributed by atoms with Gasteiger partial charge in [-0.1, -0.05) is 19.3 Å². The van der Waals surface area contributed by atoms with Crippen LogP contribution in [0.4, 0.5) is 0 Å². The molecule has 1 aromatic heterocycles. The van der Waals surface area contributed by atoms with Crippen LogP contribution in [0.25, 0.3) is 0 Å². The Labute approximate surface area is 143 Å². The van der Waals surface area contributed by atoms with Gasteiger partial charge in [0.2, 0.25) is 5.91 Å². The van der Waals surface area contributed by atoms with Gasteiger partial charge in [0.15, 0.2) is 5.82 Å². The molecule has 0 radical (unpaired) electrons. The number of nitrogens with one attached hydrogen (secondary N) is 1. The minimum atomic E-state index is 0.0942. The van der Waals surface area contributed by atoms with Gasteiger partial charge in [-0.2, -0.15) is 0 Å². The molecule has 7 nitrogen and oxygen atoms in total. The first-order valence-electron chi connectivity index (χ1n) is 9.50. The van der Waals surface area contributed by atoms with Crippen LogP contribution < -0.4 is 5.32 Å². The van der Waals surface area contributed by atoms with Crippen LogP contribution in [0.3, 0.4) is 0 Å². The molecule has 132 valence electrons. The highest BCUT2D eigenvalue weighted by atomic mass is 16.1. The third kappa shape index (κ3) is 3.18. The molecule has 0 spiro atoms. The van der Waals surface area contributed by atoms with Gasteiger partial charge in [-0.3, -0.25) is 9.69 Å². The van der Waals surface area contributed by atoms with Gasteiger partial charge >= 0.3 is 0 Å². The fourth-order valence-electron chi connectivity index (χ4n) is 5.05. The highest BCUT2D eigenvalue weighted by Crippen LogP contribution is 2.36. The van der Waals surface area contributed by atoms with Crippen molar-refractivity contribution in [3.63, 3.8) is 0 Å². The molecule has 1 N–H and O–H groups in total. The highest BCUT2D eigenvalue weighted by molar-refractivity contribution is 5.73. The molecule has 1 amide bonds. The summed E-state index contributed by atoms with van der Waals surface area (Å²) in [6.07, 6.45) is 10.8. The predicted octanol–water partition coefficient (Wildman–Crippen LogP) is 1.81. The topological polar surface area (TPSA) is 75.9 Å². The van der Waals surface area contributed by atoms with E-state index in [9.17, 15) is 4.79 Å². The summed E-state index contributed by atoms with van der Waals surface area (Å²) in [5.74, 6) is 1.12. The van der Waals surface area contributed by atoms with Gasteiger partial charge in [0.25, 0.3) is 0 Å². The van der Waals surface area contributed by atoms with Crippen molar-refractivity contribution in [1.29, 1.82) is 0 Å². The van der Waals surface area contributed by atoms with E-state index >= 15 is 0 Å². The molecule has 2 bridgehead atoms. The van der Waals surface area contributed by atoms with E-state index in [2.05, 4.69) is 30.4 Å². The van der Waals surface area contributed by atoms with Gasteiger partial charge in [0, 0.05) is 25.0 Å². The molecule has 3 fully saturated rings. The summed E-state index contributed by atoms with van der Waals surface area (Å²) in [6, 6.07) is 1.91. The van der Waals surface area contributed by atoms with E-state index in [0.29, 0.717) is 24.2 Å². The molecule has 1 saturated carbocycles. The SMILES string of the molecule is CC(=O)NC1CC2CCCC(C1)N2Cc1nnnn1C1CCCC1. The summed E-state index contributed by atoms with van der Waals surface area (Å²) in [6.45, 7) is 2.48. The van der Waals surface area contributed by atoms with Gasteiger partial charge in [0.1, 0.15) is 0 Å². The van der Waals surface area contributed by atoms with E-state index in [0.717, 1.165) is 25.2 Å². The molecular weight excluding hydrogens is 304 g/mol. The molecule has 2 atom stereocenters. The Morgan fingerprint density at radius 2 is 1.75 bits per heavy atom. The lowest BCUT2D eigenvalue weighted by molar-refractivity contribution is -0.120. The van der Waals surface area contributed by atoms with Crippen LogP contribution in [0, 0.1) is 0 Å². The summed E-state index contributed by atoms with van der Waals surface area (Å²) in [7, 11) is 0. The number of rotatable bonds is 4. The number of piperidine rings is 2. The molecule has 7 heteroatoms. The first kappa shape index (κ1) is 16.0. The molecular formula is C17H28N6O. The Morgan fingerprint density at radius 3 is 2.42 bits per heavy atom. The van der Waals surface area contributed by atoms with Crippen LogP contribution in [0.2, 0.25) is 0 Å². The Balaban J connectivity index is 1.47. The summed E-state index contributed by atoms with van der Waals surface area (Å²) in [5.41, 5.74) is 0. The van der Waals surface area contributed by atoms with Crippen molar-refractivity contribution in [3.05, 3.63) is 5.82 Å². The van der Waals surface area contributed by atoms with Crippen LogP contribution in [0.5, 0.6) is 0 Å². The number of amides is 1. The molecule has 24 heavy (non-hydrogen) atoms. The molecule has 0 aromatic carbocycles. The second kappa shape index (κ2) is 6.78. The number of aromatic nitrogens is 4. The van der Waals surface area contributed by atoms with Crippen LogP contribution in [-0.2, 0) is 11.3 Å². The number of hydrogen-bond donors (Lipinski definition) is 1. The number of carbonyl (C=O) groups excluding carboxylic acids is 1. The monoisotopic (exact) mass is 332 g/mol. The van der Waals surface area contributed by atoms with Gasteiger partial charge < -0.3 is 5.32 Å². The fraction of sp³-hybridized carbons (Fsp3) is 0.882. The predicted molar refractivity (Wildman–Crippen MR) is 89.1 cm³/mol. The van der Waals surface area contributed by atoms with Crippen LogP contribution >= 0.6 is 0 Å². The van der Waals surface area contributed by atoms with Crippen LogP contribution in [-0.4, -0.2) is 49.1 Å². The first-order valence-corrected chi connectivity index (χ1v) is 9.50. The fourth-order valence-corrected chi connectivity index (χ4v) is 5.05. The van der Waals surface area contributed by atoms with Crippen molar-refractivity contribution in [3.8, 4) is 0 Å². The van der Waals surface area contributed by atoms with Gasteiger partial charge in [-0.05, 0) is 49.0 Å². The highest BCUT2D eigenvalue weighted by Gasteiger charge is 2.39. The zero-order valence-corrected chi connectivity index (χ0v) is 14.5. The summed E-state index contributed by atoms with van der Waals surface area (Å²) >= 11 is 0. The van der Waals surface area contributed by atoms with E-state index in [-0.39, 0.29) is 5.91 Å². The van der Waals surface area contributed by atoms with Crippen molar-refractivity contribution < 1.29 is 4.79 Å². The van der Waals surface area contributed by atoms with Crippen molar-refractivity contribution >= 4 is 5.91 Å². The third-order valence-corrected chi connectivity index (χ3v) is 6.09. The lowest BCUT2D eigenvalue weighted by atomic mass is 9.81. The van der Waals surface area contributed by atoms with Crippen molar-refractivity contribution in [2.75, 3.05) is 0 Å². The molecule has 1 aromatic rings. The Bertz CT molecular complexity index is 567. The quantitative estimate of drug-likeness (QED) is 0.910. The number of hydrogen-bond acceptors (Lipinski definition) is 5. The molecule has 1 aliphatic carbocycles. The molecule has 3 heterocycles. The number of carbonyl (C=O) groups is 1. The number of nitrogens with zero attached hydrogens (tertiary/aromatic N) is 5. The Hall–Kier alpha value is -1.50. The second-order valence-corrected chi connectivity index (χ2v) is 7.76. The van der Waals surface area contributed by atoms with E-state index in [1.165, 1.54) is 44.9 Å². The Kier molecular flexibility index (Phi) is 4.52. The average molecular weight is 332 g/mol. The molecule has 2 unspecified atom stereocenters. The van der Waals surface area contributed by atoms with E-state index in [1.54, 1.807) is 6.92 Å². The zero-order chi connectivity index (χ0) is 16.5. The Morgan fingerprint density at radius 1 is 1.08 bits per heavy atom. The normalized spacial score (nSPS) is 31.3. The third-order valence-electron chi connectivity index (χ3n) is 6.09. The minimum Gasteiger partial charge on any atom is -0.353 e. The number of tetrazole rings is 1. The summed E-state index contributed by atoms with van der Waals surface area (Å²) in [4.78, 5) is 14.0. The lowest BCUT2D eigenvalue weighted by Crippen LogP contribution is -2.56. The molecule has 2 aliphatic heterocycles. The smallest absolute Gasteiger partial charge is 0.217 e. The maximum atomic E-state index is 11.4. The minimum absolute atomic E-state index is 0.0942. The van der Waals surface area contributed by atoms with Gasteiger partial charge in [0.05, 0.1) is 12.6 Å². The van der Waals surface area contributed by atoms with E-state index in [4.69, 9.17) is 0 Å². The number of fused-ring (bicyclic) bond motifs is 2. The average Bonchev–Trinajstić information content (AvgIpc) is 3.18. The van der Waals surface area contributed by atoms with E-state index in [1.807, 2.05) is 0 Å². The largest absolute Gasteiger partial charge is 0.353 e. The standard InChI is InChI=1S/C17H28N6O/c1-12(24)18-13-9-15-7-4-8-16(10-13)22(15)11-17-19-20-21-23(17)14-5-2-3-6-14/h13-16H,2-11H2,1H3,(H,18,24). The summed E-state index contributed by atoms with van der Waals surface area (Å²) in [5, 5.41) is 15.7. The van der Waals surface area contributed by atoms with Crippen molar-refractivity contribution in [1.82, 2.24) is 30.4 Å². The van der Waals surface area contributed by atoms with Gasteiger partial charge in [-0.15, -0.1) is 5.10 Å². The molecule has 3 aliphatic rings. The van der Waals surface area contributed by atoms with Crippen molar-refractivity contribution in [2.24, 2.45) is 0 Å². The first-order chi connectivity index (χ1) is 11.7. The van der Waals surface area contributed by atoms with Crippen molar-refractivity contribution in [2.45, 2.75) is 95.4 Å². The lowest BCUT2D eigenvalue weighted by Gasteiger charge is -2.48. The second-order valence-electron chi connectivity index (χ2n) is 7.76. The van der Waals surface area contributed by atoms with Crippen LogP contribution in [0.1, 0.15) is 76.6 Å². The summed E-state index contributed by atoms with van der Waals surface area (Å²) < 4.78 is 2.09.